The largest absolute Gasteiger partial charge is 0.460 e. The zero-order chi connectivity index (χ0) is 14.1. The normalized spacial score (nSPS) is 14.7. The standard InChI is InChI=1S/C14H27N3O2.HI/c1-14(2,3)19-12(18)8-5-4-6-9-15-13-16-10-7-11-17-13;/h4-11H2,1-3H3,(H2,15,16,17);1H. The Hall–Kier alpha value is -0.530. The highest BCUT2D eigenvalue weighted by Crippen LogP contribution is 2.10. The molecule has 0 radical (unpaired) electrons. The number of hydrogen-bond acceptors (Lipinski definition) is 5. The van der Waals surface area contributed by atoms with Crippen molar-refractivity contribution in [3.05, 3.63) is 0 Å². The molecule has 6 heteroatoms. The molecule has 0 amide bonds. The molecule has 0 unspecified atom stereocenters. The van der Waals surface area contributed by atoms with Crippen LogP contribution in [-0.2, 0) is 9.53 Å². The van der Waals surface area contributed by atoms with Gasteiger partial charge in [0.2, 0.25) is 0 Å². The smallest absolute Gasteiger partial charge is 0.306 e. The Morgan fingerprint density at radius 2 is 2.10 bits per heavy atom. The lowest BCUT2D eigenvalue weighted by Gasteiger charge is -2.19. The number of unbranched alkanes of at least 4 members (excludes halogenated alkanes) is 2. The third kappa shape index (κ3) is 10.3. The minimum absolute atomic E-state index is 0. The van der Waals surface area contributed by atoms with Gasteiger partial charge in [0.25, 0.3) is 0 Å². The van der Waals surface area contributed by atoms with E-state index in [2.05, 4.69) is 15.6 Å². The summed E-state index contributed by atoms with van der Waals surface area (Å²) in [6.07, 6.45) is 4.58. The van der Waals surface area contributed by atoms with Crippen LogP contribution < -0.4 is 10.6 Å². The number of carbonyl (C=O) groups excluding carboxylic acids is 1. The van der Waals surface area contributed by atoms with Gasteiger partial charge in [0.15, 0.2) is 5.96 Å². The maximum atomic E-state index is 11.5. The zero-order valence-electron chi connectivity index (χ0n) is 12.8. The Morgan fingerprint density at radius 3 is 2.70 bits per heavy atom. The number of carbonyl (C=O) groups is 1. The molecule has 1 aliphatic heterocycles. The van der Waals surface area contributed by atoms with Gasteiger partial charge in [-0.25, -0.2) is 0 Å². The monoisotopic (exact) mass is 397 g/mol. The summed E-state index contributed by atoms with van der Waals surface area (Å²) in [5.41, 5.74) is -0.372. The Balaban J connectivity index is 0.00000361. The summed E-state index contributed by atoms with van der Waals surface area (Å²) >= 11 is 0. The van der Waals surface area contributed by atoms with Crippen molar-refractivity contribution in [2.75, 3.05) is 19.6 Å². The molecule has 5 nitrogen and oxygen atoms in total. The molecule has 0 aliphatic carbocycles. The van der Waals surface area contributed by atoms with Gasteiger partial charge in [0.05, 0.1) is 0 Å². The van der Waals surface area contributed by atoms with Gasteiger partial charge in [0.1, 0.15) is 5.60 Å². The van der Waals surface area contributed by atoms with Crippen molar-refractivity contribution in [2.45, 2.75) is 58.5 Å². The Labute approximate surface area is 139 Å². The first-order valence-electron chi connectivity index (χ1n) is 7.21. The average Bonchev–Trinajstić information content (AvgIpc) is 2.32. The number of ether oxygens (including phenoxy) is 1. The van der Waals surface area contributed by atoms with Gasteiger partial charge in [-0.05, 0) is 40.0 Å². The number of nitrogens with zero attached hydrogens (tertiary/aromatic N) is 1. The molecule has 0 atom stereocenters. The van der Waals surface area contributed by atoms with Crippen molar-refractivity contribution in [1.82, 2.24) is 10.6 Å². The summed E-state index contributed by atoms with van der Waals surface area (Å²) < 4.78 is 5.26. The fourth-order valence-electron chi connectivity index (χ4n) is 1.82. The summed E-state index contributed by atoms with van der Waals surface area (Å²) in [7, 11) is 0. The molecule has 1 aliphatic rings. The minimum atomic E-state index is -0.372. The third-order valence-electron chi connectivity index (χ3n) is 2.67. The van der Waals surface area contributed by atoms with Crippen LogP contribution in [0.2, 0.25) is 0 Å². The zero-order valence-corrected chi connectivity index (χ0v) is 15.2. The molecule has 20 heavy (non-hydrogen) atoms. The molecule has 0 aromatic rings. The van der Waals surface area contributed by atoms with Crippen LogP contribution in [-0.4, -0.2) is 37.2 Å². The van der Waals surface area contributed by atoms with Crippen LogP contribution in [0.1, 0.15) is 52.9 Å². The van der Waals surface area contributed by atoms with Crippen LogP contribution in [0.5, 0.6) is 0 Å². The fourth-order valence-corrected chi connectivity index (χ4v) is 1.82. The van der Waals surface area contributed by atoms with Gasteiger partial charge in [-0.1, -0.05) is 6.42 Å². The number of hydrogen-bond donors (Lipinski definition) is 2. The predicted molar refractivity (Wildman–Crippen MR) is 92.7 cm³/mol. The molecular weight excluding hydrogens is 369 g/mol. The van der Waals surface area contributed by atoms with Crippen LogP contribution in [0.25, 0.3) is 0 Å². The van der Waals surface area contributed by atoms with E-state index in [1.54, 1.807) is 0 Å². The number of halogens is 1. The Morgan fingerprint density at radius 1 is 1.35 bits per heavy atom. The molecule has 0 spiro atoms. The maximum Gasteiger partial charge on any atom is 0.306 e. The van der Waals surface area contributed by atoms with E-state index in [1.807, 2.05) is 20.8 Å². The van der Waals surface area contributed by atoms with Crippen molar-refractivity contribution in [3.63, 3.8) is 0 Å². The highest BCUT2D eigenvalue weighted by molar-refractivity contribution is 14.0. The molecule has 0 aromatic carbocycles. The van der Waals surface area contributed by atoms with E-state index in [0.29, 0.717) is 6.42 Å². The van der Waals surface area contributed by atoms with Gasteiger partial charge in [-0.3, -0.25) is 9.79 Å². The lowest BCUT2D eigenvalue weighted by molar-refractivity contribution is -0.154. The van der Waals surface area contributed by atoms with Crippen LogP contribution in [0.3, 0.4) is 0 Å². The van der Waals surface area contributed by atoms with Crippen molar-refractivity contribution < 1.29 is 9.53 Å². The lowest BCUT2D eigenvalue weighted by Crippen LogP contribution is -2.41. The maximum absolute atomic E-state index is 11.5. The fraction of sp³-hybridized carbons (Fsp3) is 0.857. The van der Waals surface area contributed by atoms with Gasteiger partial charge in [-0.2, -0.15) is 0 Å². The topological polar surface area (TPSA) is 62.7 Å². The minimum Gasteiger partial charge on any atom is -0.460 e. The second-order valence-electron chi connectivity index (χ2n) is 5.83. The molecule has 2 N–H and O–H groups in total. The van der Waals surface area contributed by atoms with E-state index in [9.17, 15) is 4.79 Å². The highest BCUT2D eigenvalue weighted by Gasteiger charge is 2.15. The summed E-state index contributed by atoms with van der Waals surface area (Å²) in [4.78, 5) is 15.8. The van der Waals surface area contributed by atoms with Gasteiger partial charge < -0.3 is 15.4 Å². The molecular formula is C14H28IN3O2. The summed E-state index contributed by atoms with van der Waals surface area (Å²) in [6.45, 7) is 8.50. The van der Waals surface area contributed by atoms with E-state index in [-0.39, 0.29) is 35.5 Å². The first kappa shape index (κ1) is 19.5. The second kappa shape index (κ2) is 10.2. The van der Waals surface area contributed by atoms with E-state index in [1.165, 1.54) is 0 Å². The average molecular weight is 397 g/mol. The highest BCUT2D eigenvalue weighted by atomic mass is 127. The Bertz CT molecular complexity index is 314. The molecule has 0 saturated carbocycles. The number of rotatable bonds is 6. The first-order valence-corrected chi connectivity index (χ1v) is 7.21. The third-order valence-corrected chi connectivity index (χ3v) is 2.67. The summed E-state index contributed by atoms with van der Waals surface area (Å²) in [6, 6.07) is 0. The molecule has 0 bridgehead atoms. The molecule has 0 saturated heterocycles. The van der Waals surface area contributed by atoms with Crippen LogP contribution in [0, 0.1) is 0 Å². The SMILES string of the molecule is CC(C)(C)OC(=O)CCCCCNC1=NCCCN1.I. The summed E-state index contributed by atoms with van der Waals surface area (Å²) in [5, 5.41) is 6.49. The molecule has 1 rings (SSSR count). The van der Waals surface area contributed by atoms with E-state index in [4.69, 9.17) is 4.74 Å². The van der Waals surface area contributed by atoms with Crippen LogP contribution in [0.4, 0.5) is 0 Å². The number of esters is 1. The van der Waals surface area contributed by atoms with Gasteiger partial charge in [-0.15, -0.1) is 24.0 Å². The van der Waals surface area contributed by atoms with Crippen LogP contribution in [0.15, 0.2) is 4.99 Å². The molecule has 1 heterocycles. The van der Waals surface area contributed by atoms with Crippen molar-refractivity contribution in [3.8, 4) is 0 Å². The van der Waals surface area contributed by atoms with Crippen molar-refractivity contribution in [1.29, 1.82) is 0 Å². The van der Waals surface area contributed by atoms with Crippen molar-refractivity contribution in [2.24, 2.45) is 4.99 Å². The quantitative estimate of drug-likeness (QED) is 0.411. The van der Waals surface area contributed by atoms with E-state index in [0.717, 1.165) is 51.3 Å². The molecule has 0 aromatic heterocycles. The van der Waals surface area contributed by atoms with E-state index >= 15 is 0 Å². The predicted octanol–water partition coefficient (Wildman–Crippen LogP) is 2.45. The van der Waals surface area contributed by atoms with Crippen LogP contribution >= 0.6 is 24.0 Å². The molecule has 118 valence electrons. The Kier molecular flexibility index (Phi) is 9.96. The molecule has 0 fully saturated rings. The lowest BCUT2D eigenvalue weighted by atomic mass is 10.1. The number of nitrogens with one attached hydrogen (secondary N) is 2. The summed E-state index contributed by atoms with van der Waals surface area (Å²) in [5.74, 6) is 0.817. The van der Waals surface area contributed by atoms with Gasteiger partial charge in [0, 0.05) is 26.1 Å². The number of guanidine groups is 1. The number of aliphatic imine (C=N–C) groups is 1. The van der Waals surface area contributed by atoms with Crippen molar-refractivity contribution >= 4 is 35.9 Å². The second-order valence-corrected chi connectivity index (χ2v) is 5.83. The van der Waals surface area contributed by atoms with E-state index < -0.39 is 0 Å². The first-order chi connectivity index (χ1) is 8.97. The van der Waals surface area contributed by atoms with Gasteiger partial charge >= 0.3 is 5.97 Å².